The van der Waals surface area contributed by atoms with Crippen molar-refractivity contribution in [1.82, 2.24) is 14.5 Å². The normalized spacial score (nSPS) is 22.2. The number of nitrogens with zero attached hydrogens (tertiary/aromatic N) is 3. The summed E-state index contributed by atoms with van der Waals surface area (Å²) >= 11 is 1.37. The molecule has 3 heterocycles. The van der Waals surface area contributed by atoms with E-state index in [4.69, 9.17) is 14.5 Å². The number of likely N-dealkylation sites (tertiary alicyclic amines) is 1. The van der Waals surface area contributed by atoms with Gasteiger partial charge in [0.05, 0.1) is 16.7 Å². The first-order valence-corrected chi connectivity index (χ1v) is 13.4. The van der Waals surface area contributed by atoms with E-state index in [0.29, 0.717) is 45.9 Å². The summed E-state index contributed by atoms with van der Waals surface area (Å²) in [6, 6.07) is 3.51. The lowest BCUT2D eigenvalue weighted by Crippen LogP contribution is -2.43. The molecule has 1 aromatic heterocycles. The van der Waals surface area contributed by atoms with Crippen LogP contribution in [0.3, 0.4) is 0 Å². The summed E-state index contributed by atoms with van der Waals surface area (Å²) in [7, 11) is 0. The SMILES string of the molecule is C[C@@H]1C[C@H](C)CN(C(=O)CSc2nc3cc4c(cc3c(=O)n2CCC2=CCCCC2)OCO4)C1. The molecule has 2 atom stereocenters. The smallest absolute Gasteiger partial charge is 0.262 e. The third kappa shape index (κ3) is 4.97. The monoisotopic (exact) mass is 483 g/mol. The Balaban J connectivity index is 1.42. The summed E-state index contributed by atoms with van der Waals surface area (Å²) in [5, 5.41) is 1.12. The summed E-state index contributed by atoms with van der Waals surface area (Å²) in [5.74, 6) is 2.62. The predicted molar refractivity (Wildman–Crippen MR) is 134 cm³/mol. The second kappa shape index (κ2) is 10.0. The fourth-order valence-electron chi connectivity index (χ4n) is 5.37. The molecule has 1 aromatic carbocycles. The Morgan fingerprint density at radius 2 is 1.91 bits per heavy atom. The molecule has 0 radical (unpaired) electrons. The van der Waals surface area contributed by atoms with Gasteiger partial charge in [-0.3, -0.25) is 14.2 Å². The molecule has 2 aliphatic heterocycles. The van der Waals surface area contributed by atoms with Gasteiger partial charge in [-0.05, 0) is 56.4 Å². The Morgan fingerprint density at radius 1 is 1.15 bits per heavy atom. The summed E-state index contributed by atoms with van der Waals surface area (Å²) in [4.78, 5) is 33.4. The largest absolute Gasteiger partial charge is 0.454 e. The van der Waals surface area contributed by atoms with Crippen LogP contribution in [0.1, 0.15) is 52.4 Å². The molecule has 1 amide bonds. The van der Waals surface area contributed by atoms with Crippen LogP contribution in [0, 0.1) is 11.8 Å². The van der Waals surface area contributed by atoms with Gasteiger partial charge >= 0.3 is 0 Å². The molecule has 5 rings (SSSR count). The minimum atomic E-state index is -0.0881. The number of ether oxygens (including phenoxy) is 2. The zero-order chi connectivity index (χ0) is 23.7. The summed E-state index contributed by atoms with van der Waals surface area (Å²) < 4.78 is 12.7. The number of hydrogen-bond donors (Lipinski definition) is 0. The lowest BCUT2D eigenvalue weighted by atomic mass is 9.92. The van der Waals surface area contributed by atoms with Crippen LogP contribution in [0.4, 0.5) is 0 Å². The molecule has 1 saturated heterocycles. The maximum Gasteiger partial charge on any atom is 0.262 e. The number of carbonyl (C=O) groups excluding carboxylic acids is 1. The van der Waals surface area contributed by atoms with Gasteiger partial charge in [-0.15, -0.1) is 0 Å². The highest BCUT2D eigenvalue weighted by molar-refractivity contribution is 7.99. The van der Waals surface area contributed by atoms with Crippen molar-refractivity contribution in [1.29, 1.82) is 0 Å². The number of amides is 1. The molecule has 1 fully saturated rings. The van der Waals surface area contributed by atoms with Crippen molar-refractivity contribution in [2.45, 2.75) is 64.1 Å². The number of carbonyl (C=O) groups is 1. The van der Waals surface area contributed by atoms with Crippen LogP contribution in [-0.2, 0) is 11.3 Å². The van der Waals surface area contributed by atoms with Gasteiger partial charge in [0.1, 0.15) is 0 Å². The number of rotatable bonds is 6. The van der Waals surface area contributed by atoms with E-state index in [-0.39, 0.29) is 24.0 Å². The van der Waals surface area contributed by atoms with Gasteiger partial charge in [-0.2, -0.15) is 0 Å². The Morgan fingerprint density at radius 3 is 2.65 bits per heavy atom. The highest BCUT2D eigenvalue weighted by atomic mass is 32.2. The molecule has 3 aliphatic rings. The Kier molecular flexibility index (Phi) is 6.86. The number of piperidine rings is 1. The third-order valence-electron chi connectivity index (χ3n) is 7.00. The van der Waals surface area contributed by atoms with E-state index in [2.05, 4.69) is 19.9 Å². The van der Waals surface area contributed by atoms with E-state index >= 15 is 0 Å². The molecule has 7 nitrogen and oxygen atoms in total. The van der Waals surface area contributed by atoms with Gasteiger partial charge in [0.25, 0.3) is 5.56 Å². The van der Waals surface area contributed by atoms with Gasteiger partial charge in [0.2, 0.25) is 12.7 Å². The van der Waals surface area contributed by atoms with E-state index in [1.54, 1.807) is 16.7 Å². The van der Waals surface area contributed by atoms with E-state index in [1.807, 2.05) is 4.90 Å². The maximum absolute atomic E-state index is 13.6. The van der Waals surface area contributed by atoms with Crippen molar-refractivity contribution < 1.29 is 14.3 Å². The topological polar surface area (TPSA) is 73.7 Å². The van der Waals surface area contributed by atoms with Crippen molar-refractivity contribution in [3.8, 4) is 11.5 Å². The zero-order valence-corrected chi connectivity index (χ0v) is 20.9. The van der Waals surface area contributed by atoms with Crippen LogP contribution >= 0.6 is 11.8 Å². The van der Waals surface area contributed by atoms with Crippen LogP contribution in [-0.4, -0.2) is 46.0 Å². The molecule has 1 aliphatic carbocycles. The van der Waals surface area contributed by atoms with Crippen LogP contribution in [0.5, 0.6) is 11.5 Å². The van der Waals surface area contributed by atoms with E-state index < -0.39 is 0 Å². The fourth-order valence-corrected chi connectivity index (χ4v) is 6.30. The Labute approximate surface area is 204 Å². The second-order valence-electron chi connectivity index (χ2n) is 9.97. The summed E-state index contributed by atoms with van der Waals surface area (Å²) in [6.45, 7) is 6.73. The van der Waals surface area contributed by atoms with Gasteiger partial charge in [-0.25, -0.2) is 4.98 Å². The average molecular weight is 484 g/mol. The van der Waals surface area contributed by atoms with Crippen molar-refractivity contribution in [2.24, 2.45) is 11.8 Å². The molecule has 0 bridgehead atoms. The average Bonchev–Trinajstić information content (AvgIpc) is 3.28. The predicted octanol–water partition coefficient (Wildman–Crippen LogP) is 4.61. The first kappa shape index (κ1) is 23.3. The van der Waals surface area contributed by atoms with E-state index in [9.17, 15) is 9.59 Å². The highest BCUT2D eigenvalue weighted by Crippen LogP contribution is 2.35. The number of benzene rings is 1. The highest BCUT2D eigenvalue weighted by Gasteiger charge is 2.26. The molecule has 2 aromatic rings. The van der Waals surface area contributed by atoms with Crippen molar-refractivity contribution >= 4 is 28.6 Å². The number of aromatic nitrogens is 2. The summed E-state index contributed by atoms with van der Waals surface area (Å²) in [5.41, 5.74) is 1.90. The zero-order valence-electron chi connectivity index (χ0n) is 20.0. The van der Waals surface area contributed by atoms with Gasteiger partial charge in [0.15, 0.2) is 16.7 Å². The molecular formula is C26H33N3O4S. The maximum atomic E-state index is 13.6. The molecule has 0 unspecified atom stereocenters. The van der Waals surface area contributed by atoms with Gasteiger partial charge in [-0.1, -0.05) is 37.3 Å². The first-order valence-electron chi connectivity index (χ1n) is 12.4. The molecule has 34 heavy (non-hydrogen) atoms. The number of fused-ring (bicyclic) bond motifs is 2. The van der Waals surface area contributed by atoms with E-state index in [0.717, 1.165) is 38.8 Å². The van der Waals surface area contributed by atoms with Crippen molar-refractivity contribution in [3.05, 3.63) is 34.1 Å². The van der Waals surface area contributed by atoms with Crippen LogP contribution in [0.25, 0.3) is 10.9 Å². The van der Waals surface area contributed by atoms with Crippen LogP contribution < -0.4 is 15.0 Å². The van der Waals surface area contributed by atoms with Gasteiger partial charge < -0.3 is 14.4 Å². The minimum absolute atomic E-state index is 0.0881. The lowest BCUT2D eigenvalue weighted by Gasteiger charge is -2.35. The molecule has 0 saturated carbocycles. The second-order valence-corrected chi connectivity index (χ2v) is 10.9. The molecule has 8 heteroatoms. The van der Waals surface area contributed by atoms with E-state index in [1.165, 1.54) is 30.2 Å². The van der Waals surface area contributed by atoms with Crippen molar-refractivity contribution in [2.75, 3.05) is 25.6 Å². The standard InChI is InChI=1S/C26H33N3O4S/c1-17-10-18(2)14-28(13-17)24(30)15-34-26-27-21-12-23-22(32-16-33-23)11-20(21)25(31)29(26)9-8-19-6-4-3-5-7-19/h6,11-12,17-18H,3-5,7-10,13-16H2,1-2H3/t17-,18+. The molecule has 0 N–H and O–H groups in total. The van der Waals surface area contributed by atoms with Crippen LogP contribution in [0.15, 0.2) is 33.7 Å². The Hall–Kier alpha value is -2.48. The Bertz CT molecular complexity index is 1160. The van der Waals surface area contributed by atoms with Gasteiger partial charge in [0, 0.05) is 25.7 Å². The number of thioether (sulfide) groups is 1. The van der Waals surface area contributed by atoms with Crippen molar-refractivity contribution in [3.63, 3.8) is 0 Å². The molecular weight excluding hydrogens is 450 g/mol. The molecule has 0 spiro atoms. The lowest BCUT2D eigenvalue weighted by molar-refractivity contribution is -0.130. The fraction of sp³-hybridized carbons (Fsp3) is 0.577. The first-order chi connectivity index (χ1) is 16.5. The van der Waals surface area contributed by atoms with Crippen LogP contribution in [0.2, 0.25) is 0 Å². The minimum Gasteiger partial charge on any atom is -0.454 e. The molecule has 182 valence electrons. The number of allylic oxidation sites excluding steroid dienone is 2. The number of hydrogen-bond acceptors (Lipinski definition) is 6. The summed E-state index contributed by atoms with van der Waals surface area (Å²) in [6.07, 6.45) is 8.98. The third-order valence-corrected chi connectivity index (χ3v) is 7.96. The quantitative estimate of drug-likeness (QED) is 0.339.